The molecule has 0 aliphatic heterocycles. The van der Waals surface area contributed by atoms with Gasteiger partial charge in [0, 0.05) is 5.56 Å². The number of Topliss-reactive ketones (excluding diaryl/α,β-unsaturated/α-hetero) is 1. The van der Waals surface area contributed by atoms with Gasteiger partial charge in [0.15, 0.2) is 5.78 Å². The summed E-state index contributed by atoms with van der Waals surface area (Å²) in [5.74, 6) is 0.0590. The van der Waals surface area contributed by atoms with Crippen molar-refractivity contribution in [2.45, 2.75) is 6.92 Å². The maximum Gasteiger partial charge on any atom is 0.160 e. The molecule has 1 aromatic rings. The normalized spacial score (nSPS) is 10.4. The van der Waals surface area contributed by atoms with E-state index in [-0.39, 0.29) is 5.78 Å². The molecule has 1 rings (SSSR count). The summed E-state index contributed by atoms with van der Waals surface area (Å²) in [6.45, 7) is 1.54. The molecule has 0 spiro atoms. The Bertz CT molecular complexity index is 315. The molecule has 0 aliphatic carbocycles. The molecule has 0 fully saturated rings. The van der Waals surface area contributed by atoms with Gasteiger partial charge in [-0.05, 0) is 24.8 Å². The number of hydrogen-bond donors (Lipinski definition) is 1. The highest BCUT2D eigenvalue weighted by molar-refractivity contribution is 5.97. The second kappa shape index (κ2) is 3.72. The van der Waals surface area contributed by atoms with Crippen LogP contribution in [0.25, 0.3) is 6.08 Å². The van der Waals surface area contributed by atoms with Crippen LogP contribution in [-0.2, 0) is 0 Å². The molecular formula is C10H11NO. The number of benzene rings is 1. The molecule has 0 aliphatic rings. The lowest BCUT2D eigenvalue weighted by atomic mass is 10.0. The summed E-state index contributed by atoms with van der Waals surface area (Å²) in [6.07, 6.45) is 3.15. The monoisotopic (exact) mass is 161 g/mol. The highest BCUT2D eigenvalue weighted by Crippen LogP contribution is 2.10. The fraction of sp³-hybridized carbons (Fsp3) is 0.100. The number of carbonyl (C=O) groups excluding carboxylic acids is 1. The molecule has 2 N–H and O–H groups in total. The van der Waals surface area contributed by atoms with Crippen LogP contribution >= 0.6 is 0 Å². The van der Waals surface area contributed by atoms with Gasteiger partial charge in [0.05, 0.1) is 0 Å². The van der Waals surface area contributed by atoms with Crippen LogP contribution in [0.15, 0.2) is 30.5 Å². The Morgan fingerprint density at radius 2 is 2.08 bits per heavy atom. The van der Waals surface area contributed by atoms with Crippen LogP contribution in [0.4, 0.5) is 0 Å². The van der Waals surface area contributed by atoms with Crippen LogP contribution in [0.3, 0.4) is 0 Å². The van der Waals surface area contributed by atoms with Gasteiger partial charge >= 0.3 is 0 Å². The second-order valence-electron chi connectivity index (χ2n) is 2.50. The van der Waals surface area contributed by atoms with Crippen molar-refractivity contribution in [3.05, 3.63) is 41.6 Å². The van der Waals surface area contributed by atoms with Gasteiger partial charge in [-0.15, -0.1) is 0 Å². The Kier molecular flexibility index (Phi) is 2.64. The number of hydrogen-bond acceptors (Lipinski definition) is 2. The summed E-state index contributed by atoms with van der Waals surface area (Å²) < 4.78 is 0. The zero-order chi connectivity index (χ0) is 8.97. The Morgan fingerprint density at radius 3 is 2.67 bits per heavy atom. The highest BCUT2D eigenvalue weighted by Gasteiger charge is 2.01. The van der Waals surface area contributed by atoms with E-state index in [2.05, 4.69) is 0 Å². The smallest absolute Gasteiger partial charge is 0.160 e. The lowest BCUT2D eigenvalue weighted by molar-refractivity contribution is 0.101. The van der Waals surface area contributed by atoms with Gasteiger partial charge < -0.3 is 5.73 Å². The van der Waals surface area contributed by atoms with E-state index in [4.69, 9.17) is 5.73 Å². The number of ketones is 1. The molecule has 1 aromatic carbocycles. The molecule has 0 heterocycles. The topological polar surface area (TPSA) is 43.1 Å². The van der Waals surface area contributed by atoms with Crippen molar-refractivity contribution >= 4 is 11.9 Å². The third kappa shape index (κ3) is 1.72. The van der Waals surface area contributed by atoms with E-state index in [0.29, 0.717) is 5.56 Å². The van der Waals surface area contributed by atoms with E-state index in [0.717, 1.165) is 5.56 Å². The van der Waals surface area contributed by atoms with Crippen LogP contribution in [-0.4, -0.2) is 5.78 Å². The fourth-order valence-corrected chi connectivity index (χ4v) is 1.07. The van der Waals surface area contributed by atoms with Crippen LogP contribution in [0, 0.1) is 0 Å². The summed E-state index contributed by atoms with van der Waals surface area (Å²) in [5, 5.41) is 0. The lowest BCUT2D eigenvalue weighted by Gasteiger charge is -1.99. The number of nitrogens with two attached hydrogens (primary N) is 1. The first-order valence-corrected chi connectivity index (χ1v) is 3.74. The number of rotatable bonds is 2. The van der Waals surface area contributed by atoms with Gasteiger partial charge in [0.2, 0.25) is 0 Å². The van der Waals surface area contributed by atoms with E-state index in [1.165, 1.54) is 6.20 Å². The predicted octanol–water partition coefficient (Wildman–Crippen LogP) is 1.82. The zero-order valence-electron chi connectivity index (χ0n) is 6.95. The van der Waals surface area contributed by atoms with Gasteiger partial charge in [-0.25, -0.2) is 0 Å². The molecule has 2 nitrogen and oxygen atoms in total. The van der Waals surface area contributed by atoms with Crippen molar-refractivity contribution in [3.8, 4) is 0 Å². The van der Waals surface area contributed by atoms with Crippen LogP contribution in [0.1, 0.15) is 22.8 Å². The molecule has 0 unspecified atom stereocenters. The minimum Gasteiger partial charge on any atom is -0.405 e. The summed E-state index contributed by atoms with van der Waals surface area (Å²) >= 11 is 0. The lowest BCUT2D eigenvalue weighted by Crippen LogP contribution is -1.95. The highest BCUT2D eigenvalue weighted by atomic mass is 16.1. The first kappa shape index (κ1) is 8.53. The summed E-state index contributed by atoms with van der Waals surface area (Å²) in [5.41, 5.74) is 6.81. The molecular weight excluding hydrogens is 150 g/mol. The van der Waals surface area contributed by atoms with Gasteiger partial charge in [-0.2, -0.15) is 0 Å². The maximum absolute atomic E-state index is 11.1. The largest absolute Gasteiger partial charge is 0.405 e. The Balaban J connectivity index is 3.17. The number of carbonyl (C=O) groups is 1. The van der Waals surface area contributed by atoms with Crippen LogP contribution in [0.2, 0.25) is 0 Å². The van der Waals surface area contributed by atoms with Gasteiger partial charge in [-0.3, -0.25) is 4.79 Å². The Morgan fingerprint density at radius 1 is 1.42 bits per heavy atom. The molecule has 0 atom stereocenters. The van der Waals surface area contributed by atoms with E-state index in [1.54, 1.807) is 19.1 Å². The van der Waals surface area contributed by atoms with Crippen molar-refractivity contribution < 1.29 is 4.79 Å². The second-order valence-corrected chi connectivity index (χ2v) is 2.50. The average molecular weight is 161 g/mol. The van der Waals surface area contributed by atoms with E-state index < -0.39 is 0 Å². The van der Waals surface area contributed by atoms with E-state index >= 15 is 0 Å². The van der Waals surface area contributed by atoms with Gasteiger partial charge in [0.25, 0.3) is 0 Å². The molecule has 12 heavy (non-hydrogen) atoms. The van der Waals surface area contributed by atoms with Gasteiger partial charge in [-0.1, -0.05) is 24.3 Å². The third-order valence-electron chi connectivity index (χ3n) is 1.62. The average Bonchev–Trinajstić information content (AvgIpc) is 2.05. The molecule has 62 valence electrons. The molecule has 2 heteroatoms. The molecule has 0 bridgehead atoms. The zero-order valence-corrected chi connectivity index (χ0v) is 6.95. The molecule has 0 amide bonds. The van der Waals surface area contributed by atoms with Crippen LogP contribution < -0.4 is 5.73 Å². The molecule has 0 aromatic heterocycles. The maximum atomic E-state index is 11.1. The van der Waals surface area contributed by atoms with Gasteiger partial charge in [0.1, 0.15) is 0 Å². The predicted molar refractivity (Wildman–Crippen MR) is 49.7 cm³/mol. The molecule has 0 saturated carbocycles. The fourth-order valence-electron chi connectivity index (χ4n) is 1.07. The molecule has 0 saturated heterocycles. The van der Waals surface area contributed by atoms with E-state index in [1.807, 2.05) is 18.2 Å². The minimum atomic E-state index is 0.0590. The third-order valence-corrected chi connectivity index (χ3v) is 1.62. The van der Waals surface area contributed by atoms with Crippen molar-refractivity contribution in [2.24, 2.45) is 5.73 Å². The van der Waals surface area contributed by atoms with E-state index in [9.17, 15) is 4.79 Å². The standard InChI is InChI=1S/C10H11NO/c1-8(12)10-5-3-2-4-9(10)6-7-11/h2-7H,11H2,1H3. The minimum absolute atomic E-state index is 0.0590. The quantitative estimate of drug-likeness (QED) is 0.672. The Labute approximate surface area is 71.7 Å². The Hall–Kier alpha value is -1.57. The SMILES string of the molecule is CC(=O)c1ccccc1C=CN. The summed E-state index contributed by atoms with van der Waals surface area (Å²) in [4.78, 5) is 11.1. The van der Waals surface area contributed by atoms with Crippen molar-refractivity contribution in [1.29, 1.82) is 0 Å². The molecule has 0 radical (unpaired) electrons. The summed E-state index contributed by atoms with van der Waals surface area (Å²) in [6, 6.07) is 7.37. The van der Waals surface area contributed by atoms with Crippen LogP contribution in [0.5, 0.6) is 0 Å². The van der Waals surface area contributed by atoms with Crippen molar-refractivity contribution in [1.82, 2.24) is 0 Å². The van der Waals surface area contributed by atoms with Crippen molar-refractivity contribution in [3.63, 3.8) is 0 Å². The summed E-state index contributed by atoms with van der Waals surface area (Å²) in [7, 11) is 0. The van der Waals surface area contributed by atoms with Crippen molar-refractivity contribution in [2.75, 3.05) is 0 Å². The first-order valence-electron chi connectivity index (χ1n) is 3.74. The first-order chi connectivity index (χ1) is 5.75.